The van der Waals surface area contributed by atoms with Crippen LogP contribution in [-0.4, -0.2) is 17.3 Å². The number of rotatable bonds is 2. The number of hydrogen-bond acceptors (Lipinski definition) is 3. The summed E-state index contributed by atoms with van der Waals surface area (Å²) in [6.07, 6.45) is 0. The van der Waals surface area contributed by atoms with Gasteiger partial charge < -0.3 is 14.9 Å². The minimum Gasteiger partial charge on any atom is -0.507 e. The Balaban J connectivity index is 3.37. The maximum absolute atomic E-state index is 9.57. The molecule has 3 nitrogen and oxygen atoms in total. The van der Waals surface area contributed by atoms with Crippen LogP contribution in [0.5, 0.6) is 11.5 Å². The van der Waals surface area contributed by atoms with Crippen LogP contribution in [0.3, 0.4) is 0 Å². The summed E-state index contributed by atoms with van der Waals surface area (Å²) >= 11 is 3.29. The standard InChI is InChI=1S/C9H11BrO3/c1-5-8(12)6(4-11)3-7(10)9(5)13-2/h3,11-12H,4H2,1-2H3. The number of halogens is 1. The fourth-order valence-electron chi connectivity index (χ4n) is 1.19. The molecule has 0 aromatic heterocycles. The van der Waals surface area contributed by atoms with Gasteiger partial charge in [0.1, 0.15) is 11.5 Å². The van der Waals surface area contributed by atoms with E-state index in [0.717, 1.165) is 4.47 Å². The predicted octanol–water partition coefficient (Wildman–Crippen LogP) is 1.96. The molecule has 0 spiro atoms. The summed E-state index contributed by atoms with van der Waals surface area (Å²) in [6, 6.07) is 1.64. The summed E-state index contributed by atoms with van der Waals surface area (Å²) in [4.78, 5) is 0. The quantitative estimate of drug-likeness (QED) is 0.839. The summed E-state index contributed by atoms with van der Waals surface area (Å²) in [6.45, 7) is 1.55. The number of methoxy groups -OCH3 is 1. The summed E-state index contributed by atoms with van der Waals surface area (Å²) in [7, 11) is 1.53. The van der Waals surface area contributed by atoms with E-state index in [1.807, 2.05) is 0 Å². The van der Waals surface area contributed by atoms with Crippen molar-refractivity contribution in [2.75, 3.05) is 7.11 Å². The Hall–Kier alpha value is -0.740. The van der Waals surface area contributed by atoms with Gasteiger partial charge in [-0.05, 0) is 28.9 Å². The van der Waals surface area contributed by atoms with E-state index in [1.54, 1.807) is 13.0 Å². The van der Waals surface area contributed by atoms with Crippen molar-refractivity contribution in [3.05, 3.63) is 21.7 Å². The molecule has 4 heteroatoms. The van der Waals surface area contributed by atoms with E-state index >= 15 is 0 Å². The van der Waals surface area contributed by atoms with Crippen molar-refractivity contribution in [1.29, 1.82) is 0 Å². The third-order valence-corrected chi connectivity index (χ3v) is 2.48. The fraction of sp³-hybridized carbons (Fsp3) is 0.333. The van der Waals surface area contributed by atoms with Crippen LogP contribution in [0.15, 0.2) is 10.5 Å². The lowest BCUT2D eigenvalue weighted by Crippen LogP contribution is -1.93. The van der Waals surface area contributed by atoms with Crippen molar-refractivity contribution in [2.24, 2.45) is 0 Å². The second kappa shape index (κ2) is 3.98. The van der Waals surface area contributed by atoms with Gasteiger partial charge in [-0.15, -0.1) is 0 Å². The van der Waals surface area contributed by atoms with Crippen LogP contribution in [0.4, 0.5) is 0 Å². The third kappa shape index (κ3) is 1.78. The Labute approximate surface area is 85.1 Å². The Morgan fingerprint density at radius 1 is 1.54 bits per heavy atom. The summed E-state index contributed by atoms with van der Waals surface area (Å²) in [5.41, 5.74) is 1.12. The predicted molar refractivity (Wildman–Crippen MR) is 53.0 cm³/mol. The van der Waals surface area contributed by atoms with E-state index in [9.17, 15) is 5.11 Å². The lowest BCUT2D eigenvalue weighted by molar-refractivity contribution is 0.274. The number of benzene rings is 1. The number of hydrogen-bond donors (Lipinski definition) is 2. The van der Waals surface area contributed by atoms with E-state index < -0.39 is 0 Å². The van der Waals surface area contributed by atoms with Crippen LogP contribution in [0.1, 0.15) is 11.1 Å². The molecule has 0 saturated carbocycles. The number of aromatic hydroxyl groups is 1. The molecule has 0 aliphatic heterocycles. The van der Waals surface area contributed by atoms with Crippen molar-refractivity contribution in [1.82, 2.24) is 0 Å². The van der Waals surface area contributed by atoms with Gasteiger partial charge in [-0.25, -0.2) is 0 Å². The van der Waals surface area contributed by atoms with Gasteiger partial charge in [0.25, 0.3) is 0 Å². The van der Waals surface area contributed by atoms with Gasteiger partial charge >= 0.3 is 0 Å². The number of phenols is 1. The molecule has 1 aromatic rings. The molecule has 0 atom stereocenters. The Morgan fingerprint density at radius 2 is 2.15 bits per heavy atom. The molecule has 0 unspecified atom stereocenters. The minimum absolute atomic E-state index is 0.0857. The number of ether oxygens (including phenoxy) is 1. The number of aliphatic hydroxyl groups is 1. The largest absolute Gasteiger partial charge is 0.507 e. The monoisotopic (exact) mass is 246 g/mol. The van der Waals surface area contributed by atoms with Crippen LogP contribution in [-0.2, 0) is 6.61 Å². The smallest absolute Gasteiger partial charge is 0.139 e. The van der Waals surface area contributed by atoms with Crippen LogP contribution in [0.2, 0.25) is 0 Å². The van der Waals surface area contributed by atoms with E-state index in [4.69, 9.17) is 9.84 Å². The van der Waals surface area contributed by atoms with Crippen molar-refractivity contribution < 1.29 is 14.9 Å². The molecule has 72 valence electrons. The molecule has 0 aliphatic rings. The molecule has 1 rings (SSSR count). The highest BCUT2D eigenvalue weighted by atomic mass is 79.9. The van der Waals surface area contributed by atoms with Crippen molar-refractivity contribution >= 4 is 15.9 Å². The van der Waals surface area contributed by atoms with E-state index in [2.05, 4.69) is 15.9 Å². The average Bonchev–Trinajstić information content (AvgIpc) is 2.12. The van der Waals surface area contributed by atoms with E-state index in [1.165, 1.54) is 7.11 Å². The van der Waals surface area contributed by atoms with Gasteiger partial charge in [0.2, 0.25) is 0 Å². The van der Waals surface area contributed by atoms with Crippen LogP contribution < -0.4 is 4.74 Å². The lowest BCUT2D eigenvalue weighted by Gasteiger charge is -2.11. The average molecular weight is 247 g/mol. The molecule has 0 saturated heterocycles. The maximum atomic E-state index is 9.57. The first-order valence-corrected chi connectivity index (χ1v) is 4.57. The molecule has 0 fully saturated rings. The molecule has 0 heterocycles. The second-order valence-electron chi connectivity index (χ2n) is 2.68. The van der Waals surface area contributed by atoms with Crippen molar-refractivity contribution in [3.8, 4) is 11.5 Å². The molecular formula is C9H11BrO3. The lowest BCUT2D eigenvalue weighted by atomic mass is 10.1. The highest BCUT2D eigenvalue weighted by molar-refractivity contribution is 9.10. The topological polar surface area (TPSA) is 49.7 Å². The zero-order valence-corrected chi connectivity index (χ0v) is 9.05. The van der Waals surface area contributed by atoms with Crippen molar-refractivity contribution in [2.45, 2.75) is 13.5 Å². The fourth-order valence-corrected chi connectivity index (χ4v) is 1.92. The van der Waals surface area contributed by atoms with E-state index in [0.29, 0.717) is 16.9 Å². The molecule has 13 heavy (non-hydrogen) atoms. The normalized spacial score (nSPS) is 10.2. The molecule has 0 aliphatic carbocycles. The molecular weight excluding hydrogens is 236 g/mol. The molecule has 0 radical (unpaired) electrons. The second-order valence-corrected chi connectivity index (χ2v) is 3.54. The van der Waals surface area contributed by atoms with E-state index in [-0.39, 0.29) is 12.4 Å². The van der Waals surface area contributed by atoms with Crippen LogP contribution in [0, 0.1) is 6.92 Å². The van der Waals surface area contributed by atoms with Gasteiger partial charge in [-0.3, -0.25) is 0 Å². The Morgan fingerprint density at radius 3 is 2.62 bits per heavy atom. The number of aliphatic hydroxyl groups excluding tert-OH is 1. The first-order chi connectivity index (χ1) is 6.11. The molecule has 2 N–H and O–H groups in total. The first-order valence-electron chi connectivity index (χ1n) is 3.77. The molecule has 0 bridgehead atoms. The summed E-state index contributed by atoms with van der Waals surface area (Å²) in [5, 5.41) is 18.5. The SMILES string of the molecule is COc1c(Br)cc(CO)c(O)c1C. The minimum atomic E-state index is -0.185. The third-order valence-electron chi connectivity index (χ3n) is 1.89. The summed E-state index contributed by atoms with van der Waals surface area (Å²) < 4.78 is 5.80. The van der Waals surface area contributed by atoms with Gasteiger partial charge in [-0.2, -0.15) is 0 Å². The zero-order chi connectivity index (χ0) is 10.0. The maximum Gasteiger partial charge on any atom is 0.139 e. The molecule has 1 aromatic carbocycles. The van der Waals surface area contributed by atoms with Gasteiger partial charge in [-0.1, -0.05) is 0 Å². The highest BCUT2D eigenvalue weighted by Gasteiger charge is 2.12. The van der Waals surface area contributed by atoms with Gasteiger partial charge in [0.15, 0.2) is 0 Å². The first kappa shape index (κ1) is 10.3. The van der Waals surface area contributed by atoms with Crippen molar-refractivity contribution in [3.63, 3.8) is 0 Å². The summed E-state index contributed by atoms with van der Waals surface area (Å²) in [5.74, 6) is 0.678. The van der Waals surface area contributed by atoms with Crippen LogP contribution >= 0.6 is 15.9 Å². The zero-order valence-electron chi connectivity index (χ0n) is 7.47. The Kier molecular flexibility index (Phi) is 3.17. The van der Waals surface area contributed by atoms with Gasteiger partial charge in [0, 0.05) is 11.1 Å². The highest BCUT2D eigenvalue weighted by Crippen LogP contribution is 2.37. The Bertz CT molecular complexity index is 323. The molecule has 0 amide bonds. The van der Waals surface area contributed by atoms with Crippen LogP contribution in [0.25, 0.3) is 0 Å². The van der Waals surface area contributed by atoms with Gasteiger partial charge in [0.05, 0.1) is 18.2 Å².